The number of aldehydes is 1. The lowest BCUT2D eigenvalue weighted by Crippen LogP contribution is -2.14. The zero-order valence-electron chi connectivity index (χ0n) is 8.64. The maximum absolute atomic E-state index is 13.6. The number of hydrogen-bond acceptors (Lipinski definition) is 4. The minimum atomic E-state index is -3.35. The van der Waals surface area contributed by atoms with Crippen LogP contribution in [0.25, 0.3) is 0 Å². The van der Waals surface area contributed by atoms with Gasteiger partial charge in [0, 0.05) is 11.1 Å². The molecule has 2 N–H and O–H groups in total. The second kappa shape index (κ2) is 5.50. The van der Waals surface area contributed by atoms with Gasteiger partial charge in [-0.3, -0.25) is 4.79 Å². The lowest BCUT2D eigenvalue weighted by molar-refractivity contribution is -0.147. The van der Waals surface area contributed by atoms with Crippen LogP contribution in [0.15, 0.2) is 12.1 Å². The van der Waals surface area contributed by atoms with Gasteiger partial charge in [0.15, 0.2) is 17.7 Å². The molecule has 1 aromatic rings. The first-order valence-electron chi connectivity index (χ1n) is 4.51. The fraction of sp³-hybridized carbons (Fsp3) is 0.200. The van der Waals surface area contributed by atoms with Crippen LogP contribution in [0.2, 0.25) is 0 Å². The Morgan fingerprint density at radius 3 is 2.44 bits per heavy atom. The number of aliphatic carboxylic acids is 1. The minimum Gasteiger partial charge on any atom is -0.479 e. The molecule has 18 heavy (non-hydrogen) atoms. The molecule has 0 radical (unpaired) electrons. The van der Waals surface area contributed by atoms with E-state index in [1.165, 1.54) is 0 Å². The molecule has 0 saturated heterocycles. The molecule has 0 aromatic heterocycles. The van der Waals surface area contributed by atoms with Crippen molar-refractivity contribution in [2.75, 3.05) is 0 Å². The van der Waals surface area contributed by atoms with Crippen LogP contribution >= 0.6 is 0 Å². The van der Waals surface area contributed by atoms with Crippen LogP contribution in [-0.2, 0) is 4.79 Å². The van der Waals surface area contributed by atoms with Crippen molar-refractivity contribution in [3.63, 3.8) is 0 Å². The lowest BCUT2D eigenvalue weighted by atomic mass is 10.0. The molecule has 8 heteroatoms. The van der Waals surface area contributed by atoms with E-state index >= 15 is 0 Å². The number of aliphatic hydroxyl groups excluding tert-OH is 1. The Labute approximate surface area is 98.4 Å². The Kier molecular flexibility index (Phi) is 4.27. The maximum Gasteiger partial charge on any atom is 0.387 e. The van der Waals surface area contributed by atoms with Gasteiger partial charge in [-0.15, -0.1) is 0 Å². The molecule has 1 unspecified atom stereocenters. The Balaban J connectivity index is 3.32. The average molecular weight is 264 g/mol. The molecule has 0 amide bonds. The van der Waals surface area contributed by atoms with Crippen molar-refractivity contribution in [2.45, 2.75) is 12.7 Å². The van der Waals surface area contributed by atoms with Gasteiger partial charge in [-0.05, 0) is 12.1 Å². The topological polar surface area (TPSA) is 83.8 Å². The van der Waals surface area contributed by atoms with Crippen LogP contribution in [0.3, 0.4) is 0 Å². The quantitative estimate of drug-likeness (QED) is 0.784. The summed E-state index contributed by atoms with van der Waals surface area (Å²) in [5.41, 5.74) is -1.13. The predicted molar refractivity (Wildman–Crippen MR) is 51.0 cm³/mol. The molecule has 98 valence electrons. The zero-order chi connectivity index (χ0) is 13.9. The molecule has 5 nitrogen and oxygen atoms in total. The molecular formula is C10H7F3O5. The first kappa shape index (κ1) is 14.0. The summed E-state index contributed by atoms with van der Waals surface area (Å²) in [5.74, 6) is -4.26. The average Bonchev–Trinajstić information content (AvgIpc) is 2.30. The number of hydrogen-bond donors (Lipinski definition) is 2. The molecule has 1 aromatic carbocycles. The van der Waals surface area contributed by atoms with Crippen molar-refractivity contribution in [1.29, 1.82) is 0 Å². The highest BCUT2D eigenvalue weighted by Crippen LogP contribution is 2.28. The highest BCUT2D eigenvalue weighted by Gasteiger charge is 2.24. The van der Waals surface area contributed by atoms with Crippen molar-refractivity contribution in [3.8, 4) is 5.75 Å². The van der Waals surface area contributed by atoms with Gasteiger partial charge in [-0.1, -0.05) is 0 Å². The number of aliphatic hydroxyl groups is 1. The van der Waals surface area contributed by atoms with Gasteiger partial charge in [0.1, 0.15) is 6.29 Å². The fourth-order valence-electron chi connectivity index (χ4n) is 1.22. The summed E-state index contributed by atoms with van der Waals surface area (Å²) in [6.45, 7) is -3.35. The molecule has 0 bridgehead atoms. The molecule has 0 spiro atoms. The van der Waals surface area contributed by atoms with E-state index in [-0.39, 0.29) is 11.8 Å². The molecule has 0 saturated carbocycles. The molecule has 0 heterocycles. The number of ether oxygens (including phenoxy) is 1. The van der Waals surface area contributed by atoms with Gasteiger partial charge >= 0.3 is 12.6 Å². The second-order valence-electron chi connectivity index (χ2n) is 3.16. The van der Waals surface area contributed by atoms with E-state index in [1.54, 1.807) is 0 Å². The highest BCUT2D eigenvalue weighted by atomic mass is 19.3. The Morgan fingerprint density at radius 1 is 1.39 bits per heavy atom. The summed E-state index contributed by atoms with van der Waals surface area (Å²) in [5, 5.41) is 17.7. The number of alkyl halides is 2. The third kappa shape index (κ3) is 2.98. The van der Waals surface area contributed by atoms with Crippen LogP contribution in [0.1, 0.15) is 22.0 Å². The second-order valence-corrected chi connectivity index (χ2v) is 3.16. The SMILES string of the molecule is O=Cc1cc(OC(F)F)c(F)c(C(O)C(=O)O)c1. The first-order chi connectivity index (χ1) is 8.36. The molecule has 0 aliphatic heterocycles. The Bertz CT molecular complexity index is 475. The van der Waals surface area contributed by atoms with Crippen LogP contribution in [0, 0.1) is 5.82 Å². The molecular weight excluding hydrogens is 257 g/mol. The van der Waals surface area contributed by atoms with Crippen LogP contribution < -0.4 is 4.74 Å². The summed E-state index contributed by atoms with van der Waals surface area (Å²) < 4.78 is 41.3. The van der Waals surface area contributed by atoms with Gasteiger partial charge in [-0.25, -0.2) is 9.18 Å². The van der Waals surface area contributed by atoms with E-state index < -0.39 is 35.8 Å². The Hall–Kier alpha value is -2.09. The summed E-state index contributed by atoms with van der Waals surface area (Å²) in [7, 11) is 0. The van der Waals surface area contributed by atoms with Gasteiger partial charge in [-0.2, -0.15) is 8.78 Å². The van der Waals surface area contributed by atoms with Crippen molar-refractivity contribution in [1.82, 2.24) is 0 Å². The summed E-state index contributed by atoms with van der Waals surface area (Å²) in [6, 6.07) is 1.41. The monoisotopic (exact) mass is 264 g/mol. The van der Waals surface area contributed by atoms with Crippen LogP contribution in [-0.4, -0.2) is 29.1 Å². The summed E-state index contributed by atoms with van der Waals surface area (Å²) in [6.07, 6.45) is -2.11. The number of carboxylic acids is 1. The molecule has 0 fully saturated rings. The van der Waals surface area contributed by atoms with E-state index in [0.717, 1.165) is 6.07 Å². The number of carbonyl (C=O) groups excluding carboxylic acids is 1. The van der Waals surface area contributed by atoms with E-state index in [4.69, 9.17) is 10.2 Å². The van der Waals surface area contributed by atoms with Crippen LogP contribution in [0.5, 0.6) is 5.75 Å². The smallest absolute Gasteiger partial charge is 0.387 e. The normalized spacial score (nSPS) is 12.3. The lowest BCUT2D eigenvalue weighted by Gasteiger charge is -2.12. The number of rotatable bonds is 5. The first-order valence-corrected chi connectivity index (χ1v) is 4.51. The number of carboxylic acid groups (broad SMARTS) is 1. The maximum atomic E-state index is 13.6. The number of benzene rings is 1. The third-order valence-electron chi connectivity index (χ3n) is 1.97. The van der Waals surface area contributed by atoms with Gasteiger partial charge < -0.3 is 14.9 Å². The highest BCUT2D eigenvalue weighted by molar-refractivity contribution is 5.79. The molecule has 0 aliphatic rings. The van der Waals surface area contributed by atoms with Gasteiger partial charge in [0.05, 0.1) is 0 Å². The fourth-order valence-corrected chi connectivity index (χ4v) is 1.22. The largest absolute Gasteiger partial charge is 0.479 e. The molecule has 0 aliphatic carbocycles. The van der Waals surface area contributed by atoms with Gasteiger partial charge in [0.25, 0.3) is 0 Å². The number of halogens is 3. The van der Waals surface area contributed by atoms with Crippen LogP contribution in [0.4, 0.5) is 13.2 Å². The van der Waals surface area contributed by atoms with E-state index in [1.807, 2.05) is 0 Å². The van der Waals surface area contributed by atoms with Crippen molar-refractivity contribution >= 4 is 12.3 Å². The zero-order valence-corrected chi connectivity index (χ0v) is 8.64. The third-order valence-corrected chi connectivity index (χ3v) is 1.97. The number of carbonyl (C=O) groups is 2. The summed E-state index contributed by atoms with van der Waals surface area (Å²) in [4.78, 5) is 21.0. The van der Waals surface area contributed by atoms with E-state index in [9.17, 15) is 22.8 Å². The van der Waals surface area contributed by atoms with Crippen molar-refractivity contribution < 1.29 is 37.7 Å². The van der Waals surface area contributed by atoms with Crippen molar-refractivity contribution in [3.05, 3.63) is 29.1 Å². The predicted octanol–water partition coefficient (Wildman–Crippen LogP) is 1.36. The molecule has 1 atom stereocenters. The van der Waals surface area contributed by atoms with Crippen molar-refractivity contribution in [2.24, 2.45) is 0 Å². The summed E-state index contributed by atoms with van der Waals surface area (Å²) >= 11 is 0. The minimum absolute atomic E-state index is 0.176. The van der Waals surface area contributed by atoms with E-state index in [2.05, 4.69) is 4.74 Å². The standard InChI is InChI=1S/C10H7F3O5/c11-7-5(8(15)9(16)17)1-4(3-14)2-6(7)18-10(12)13/h1-3,8,10,15H,(H,16,17). The Morgan fingerprint density at radius 2 is 2.00 bits per heavy atom. The molecule has 1 rings (SSSR count). The van der Waals surface area contributed by atoms with Gasteiger partial charge in [0.2, 0.25) is 0 Å². The van der Waals surface area contributed by atoms with E-state index in [0.29, 0.717) is 6.07 Å².